The van der Waals surface area contributed by atoms with Gasteiger partial charge >= 0.3 is 0 Å². The van der Waals surface area contributed by atoms with Gasteiger partial charge < -0.3 is 9.30 Å². The average molecular weight is 375 g/mol. The SMILES string of the molecule is Cc1ccc(-n2c(C)cc(/C=N/NC(=O)COc3ccccc3)c2C)c(C)c1. The summed E-state index contributed by atoms with van der Waals surface area (Å²) < 4.78 is 7.61. The molecule has 0 spiro atoms. The van der Waals surface area contributed by atoms with E-state index in [1.165, 1.54) is 11.1 Å². The van der Waals surface area contributed by atoms with Crippen LogP contribution in [0.15, 0.2) is 59.7 Å². The fourth-order valence-electron chi connectivity index (χ4n) is 3.22. The zero-order valence-corrected chi connectivity index (χ0v) is 16.7. The minimum absolute atomic E-state index is 0.0804. The number of hydrogen-bond donors (Lipinski definition) is 1. The Labute approximate surface area is 165 Å². The van der Waals surface area contributed by atoms with Gasteiger partial charge in [0.25, 0.3) is 5.91 Å². The first-order chi connectivity index (χ1) is 13.5. The predicted molar refractivity (Wildman–Crippen MR) is 112 cm³/mol. The van der Waals surface area contributed by atoms with Gasteiger partial charge in [0, 0.05) is 22.6 Å². The van der Waals surface area contributed by atoms with Crippen LogP contribution in [0.1, 0.15) is 28.1 Å². The number of benzene rings is 2. The van der Waals surface area contributed by atoms with E-state index in [0.717, 1.165) is 22.6 Å². The van der Waals surface area contributed by atoms with Crippen LogP contribution in [-0.2, 0) is 4.79 Å². The van der Waals surface area contributed by atoms with E-state index in [9.17, 15) is 4.79 Å². The van der Waals surface area contributed by atoms with Crippen molar-refractivity contribution in [2.24, 2.45) is 5.10 Å². The fourth-order valence-corrected chi connectivity index (χ4v) is 3.22. The van der Waals surface area contributed by atoms with E-state index < -0.39 is 0 Å². The molecule has 0 saturated heterocycles. The highest BCUT2D eigenvalue weighted by Gasteiger charge is 2.11. The monoisotopic (exact) mass is 375 g/mol. The summed E-state index contributed by atoms with van der Waals surface area (Å²) in [5.41, 5.74) is 9.27. The van der Waals surface area contributed by atoms with E-state index in [2.05, 4.69) is 60.1 Å². The third-order valence-electron chi connectivity index (χ3n) is 4.57. The van der Waals surface area contributed by atoms with Crippen molar-refractivity contribution in [1.29, 1.82) is 0 Å². The summed E-state index contributed by atoms with van der Waals surface area (Å²) in [6.45, 7) is 8.24. The van der Waals surface area contributed by atoms with Gasteiger partial charge in [-0.25, -0.2) is 5.43 Å². The summed E-state index contributed by atoms with van der Waals surface area (Å²) in [6.07, 6.45) is 1.67. The van der Waals surface area contributed by atoms with Crippen molar-refractivity contribution < 1.29 is 9.53 Å². The van der Waals surface area contributed by atoms with Crippen LogP contribution in [0.2, 0.25) is 0 Å². The number of rotatable bonds is 6. The van der Waals surface area contributed by atoms with Crippen molar-refractivity contribution in [2.45, 2.75) is 27.7 Å². The van der Waals surface area contributed by atoms with Gasteiger partial charge in [-0.3, -0.25) is 4.79 Å². The standard InChI is InChI=1S/C23H25N3O2/c1-16-10-11-22(17(2)12-16)26-18(3)13-20(19(26)4)14-24-25-23(27)15-28-21-8-6-5-7-9-21/h5-14H,15H2,1-4H3,(H,25,27)/b24-14+. The molecule has 0 aliphatic carbocycles. The average Bonchev–Trinajstić information content (AvgIpc) is 2.95. The normalized spacial score (nSPS) is 11.0. The number of aromatic nitrogens is 1. The maximum atomic E-state index is 11.9. The molecule has 0 aliphatic heterocycles. The van der Waals surface area contributed by atoms with Crippen molar-refractivity contribution in [3.8, 4) is 11.4 Å². The molecule has 2 aromatic carbocycles. The van der Waals surface area contributed by atoms with Gasteiger partial charge in [-0.05, 0) is 57.5 Å². The third kappa shape index (κ3) is 4.49. The number of nitrogens with zero attached hydrogens (tertiary/aromatic N) is 2. The van der Waals surface area contributed by atoms with E-state index in [1.54, 1.807) is 18.3 Å². The molecule has 0 saturated carbocycles. The van der Waals surface area contributed by atoms with E-state index in [4.69, 9.17) is 4.74 Å². The quantitative estimate of drug-likeness (QED) is 0.517. The topological polar surface area (TPSA) is 55.6 Å². The number of nitrogens with one attached hydrogen (secondary N) is 1. The van der Waals surface area contributed by atoms with Gasteiger partial charge in [0.05, 0.1) is 6.21 Å². The second kappa shape index (κ2) is 8.57. The van der Waals surface area contributed by atoms with Crippen LogP contribution in [-0.4, -0.2) is 23.3 Å². The summed E-state index contributed by atoms with van der Waals surface area (Å²) in [4.78, 5) is 11.9. The number of hydrazone groups is 1. The molecule has 0 aliphatic rings. The lowest BCUT2D eigenvalue weighted by atomic mass is 10.1. The molecule has 3 aromatic rings. The Morgan fingerprint density at radius 3 is 2.54 bits per heavy atom. The molecule has 5 heteroatoms. The molecule has 1 aromatic heterocycles. The second-order valence-electron chi connectivity index (χ2n) is 6.85. The summed E-state index contributed by atoms with van der Waals surface area (Å²) in [7, 11) is 0. The minimum atomic E-state index is -0.303. The fraction of sp³-hybridized carbons (Fsp3) is 0.217. The number of hydrogen-bond acceptors (Lipinski definition) is 3. The lowest BCUT2D eigenvalue weighted by molar-refractivity contribution is -0.123. The Bertz CT molecular complexity index is 1000. The molecule has 0 bridgehead atoms. The predicted octanol–water partition coefficient (Wildman–Crippen LogP) is 4.24. The number of aryl methyl sites for hydroxylation is 3. The van der Waals surface area contributed by atoms with Crippen LogP contribution in [0.3, 0.4) is 0 Å². The molecule has 28 heavy (non-hydrogen) atoms. The Kier molecular flexibility index (Phi) is 5.94. The Hall–Kier alpha value is -3.34. The van der Waals surface area contributed by atoms with E-state index >= 15 is 0 Å². The molecule has 5 nitrogen and oxygen atoms in total. The van der Waals surface area contributed by atoms with Crippen molar-refractivity contribution >= 4 is 12.1 Å². The zero-order valence-electron chi connectivity index (χ0n) is 16.7. The van der Waals surface area contributed by atoms with Gasteiger partial charge in [-0.2, -0.15) is 5.10 Å². The molecule has 1 N–H and O–H groups in total. The zero-order chi connectivity index (χ0) is 20.1. The number of carbonyl (C=O) groups is 1. The van der Waals surface area contributed by atoms with Crippen molar-refractivity contribution in [3.05, 3.63) is 82.7 Å². The number of carbonyl (C=O) groups excluding carboxylic acids is 1. The highest BCUT2D eigenvalue weighted by atomic mass is 16.5. The number of para-hydroxylation sites is 1. The Morgan fingerprint density at radius 1 is 1.07 bits per heavy atom. The van der Waals surface area contributed by atoms with E-state index in [0.29, 0.717) is 5.75 Å². The molecule has 1 amide bonds. The first-order valence-corrected chi connectivity index (χ1v) is 9.22. The summed E-state index contributed by atoms with van der Waals surface area (Å²) in [5.74, 6) is 0.349. The lowest BCUT2D eigenvalue weighted by Gasteiger charge is -2.13. The lowest BCUT2D eigenvalue weighted by Crippen LogP contribution is -2.24. The molecule has 1 heterocycles. The maximum absolute atomic E-state index is 11.9. The Morgan fingerprint density at radius 2 is 1.82 bits per heavy atom. The number of ether oxygens (including phenoxy) is 1. The largest absolute Gasteiger partial charge is 0.484 e. The molecule has 0 unspecified atom stereocenters. The molecule has 0 atom stereocenters. The molecule has 0 fully saturated rings. The number of amides is 1. The first kappa shape index (κ1) is 19.4. The molecular weight excluding hydrogens is 350 g/mol. The van der Waals surface area contributed by atoms with Gasteiger partial charge in [-0.1, -0.05) is 35.9 Å². The molecule has 0 radical (unpaired) electrons. The summed E-state index contributed by atoms with van der Waals surface area (Å²) in [6, 6.07) is 17.7. The Balaban J connectivity index is 1.67. The smallest absolute Gasteiger partial charge is 0.277 e. The van der Waals surface area contributed by atoms with Gasteiger partial charge in [0.1, 0.15) is 5.75 Å². The van der Waals surface area contributed by atoms with Crippen molar-refractivity contribution in [1.82, 2.24) is 9.99 Å². The third-order valence-corrected chi connectivity index (χ3v) is 4.57. The maximum Gasteiger partial charge on any atom is 0.277 e. The molecular formula is C23H25N3O2. The molecule has 144 valence electrons. The highest BCUT2D eigenvalue weighted by molar-refractivity contribution is 5.84. The van der Waals surface area contributed by atoms with Crippen LogP contribution in [0.5, 0.6) is 5.75 Å². The van der Waals surface area contributed by atoms with Crippen LogP contribution in [0, 0.1) is 27.7 Å². The minimum Gasteiger partial charge on any atom is -0.484 e. The summed E-state index contributed by atoms with van der Waals surface area (Å²) in [5, 5.41) is 4.08. The molecule has 3 rings (SSSR count). The van der Waals surface area contributed by atoms with Gasteiger partial charge in [0.2, 0.25) is 0 Å². The van der Waals surface area contributed by atoms with Crippen LogP contribution in [0.25, 0.3) is 5.69 Å². The highest BCUT2D eigenvalue weighted by Crippen LogP contribution is 2.23. The summed E-state index contributed by atoms with van der Waals surface area (Å²) >= 11 is 0. The van der Waals surface area contributed by atoms with E-state index in [1.807, 2.05) is 25.1 Å². The van der Waals surface area contributed by atoms with Crippen LogP contribution in [0.4, 0.5) is 0 Å². The second-order valence-corrected chi connectivity index (χ2v) is 6.85. The van der Waals surface area contributed by atoms with Crippen molar-refractivity contribution in [3.63, 3.8) is 0 Å². The van der Waals surface area contributed by atoms with Crippen LogP contribution >= 0.6 is 0 Å². The van der Waals surface area contributed by atoms with Crippen LogP contribution < -0.4 is 10.2 Å². The van der Waals surface area contributed by atoms with Gasteiger partial charge in [-0.15, -0.1) is 0 Å². The van der Waals surface area contributed by atoms with Gasteiger partial charge in [0.15, 0.2) is 6.61 Å². The van der Waals surface area contributed by atoms with E-state index in [-0.39, 0.29) is 12.5 Å². The first-order valence-electron chi connectivity index (χ1n) is 9.22. The van der Waals surface area contributed by atoms with Crippen molar-refractivity contribution in [2.75, 3.05) is 6.61 Å².